The van der Waals surface area contributed by atoms with Gasteiger partial charge in [-0.25, -0.2) is 4.79 Å². The number of hydrogen-bond acceptors (Lipinski definition) is 3. The van der Waals surface area contributed by atoms with E-state index in [0.717, 1.165) is 16.7 Å². The van der Waals surface area contributed by atoms with Crippen LogP contribution in [0.2, 0.25) is 0 Å². The molecule has 1 aromatic carbocycles. The zero-order valence-corrected chi connectivity index (χ0v) is 11.2. The zero-order chi connectivity index (χ0) is 13.2. The van der Waals surface area contributed by atoms with Crippen molar-refractivity contribution in [3.63, 3.8) is 0 Å². The van der Waals surface area contributed by atoms with Gasteiger partial charge < -0.3 is 10.5 Å². The second-order valence-corrected chi connectivity index (χ2v) is 5.32. The molecule has 0 aliphatic carbocycles. The monoisotopic (exact) mass is 235 g/mol. The number of aryl methyl sites for hydroxylation is 2. The predicted octanol–water partition coefficient (Wildman–Crippen LogP) is 2.64. The predicted molar refractivity (Wildman–Crippen MR) is 68.7 cm³/mol. The highest BCUT2D eigenvalue weighted by atomic mass is 16.6. The van der Waals surface area contributed by atoms with Crippen molar-refractivity contribution >= 4 is 5.97 Å². The van der Waals surface area contributed by atoms with Crippen LogP contribution in [0.15, 0.2) is 18.2 Å². The van der Waals surface area contributed by atoms with Gasteiger partial charge in [-0.05, 0) is 51.3 Å². The summed E-state index contributed by atoms with van der Waals surface area (Å²) in [4.78, 5) is 11.9. The van der Waals surface area contributed by atoms with E-state index in [9.17, 15) is 4.79 Å². The van der Waals surface area contributed by atoms with Crippen LogP contribution < -0.4 is 5.73 Å². The van der Waals surface area contributed by atoms with Gasteiger partial charge in [-0.2, -0.15) is 0 Å². The van der Waals surface area contributed by atoms with Crippen LogP contribution in [0.25, 0.3) is 0 Å². The maximum absolute atomic E-state index is 11.9. The van der Waals surface area contributed by atoms with Crippen molar-refractivity contribution in [3.8, 4) is 0 Å². The molecule has 0 aliphatic rings. The van der Waals surface area contributed by atoms with Gasteiger partial charge in [0.2, 0.25) is 0 Å². The molecular weight excluding hydrogens is 214 g/mol. The minimum Gasteiger partial charge on any atom is -0.459 e. The van der Waals surface area contributed by atoms with E-state index >= 15 is 0 Å². The average molecular weight is 235 g/mol. The van der Waals surface area contributed by atoms with Crippen LogP contribution in [0.3, 0.4) is 0 Å². The summed E-state index contributed by atoms with van der Waals surface area (Å²) in [5.41, 5.74) is 8.36. The summed E-state index contributed by atoms with van der Waals surface area (Å²) in [7, 11) is 0. The standard InChI is InChI=1S/C14H21NO2/c1-9-7-6-8-10(2)11(9)12(15)13(16)17-14(3,4)5/h6-8,12H,15H2,1-5H3. The van der Waals surface area contributed by atoms with Crippen LogP contribution >= 0.6 is 0 Å². The quantitative estimate of drug-likeness (QED) is 0.802. The van der Waals surface area contributed by atoms with Gasteiger partial charge >= 0.3 is 5.97 Å². The minimum atomic E-state index is -0.713. The fourth-order valence-corrected chi connectivity index (χ4v) is 1.80. The van der Waals surface area contributed by atoms with Crippen LogP contribution in [-0.4, -0.2) is 11.6 Å². The Kier molecular flexibility index (Phi) is 3.94. The maximum Gasteiger partial charge on any atom is 0.328 e. The van der Waals surface area contributed by atoms with E-state index in [2.05, 4.69) is 0 Å². The summed E-state index contributed by atoms with van der Waals surface area (Å²) in [6.45, 7) is 9.41. The normalized spacial score (nSPS) is 13.3. The number of ether oxygens (including phenoxy) is 1. The molecule has 0 bridgehead atoms. The van der Waals surface area contributed by atoms with Crippen LogP contribution in [0.1, 0.15) is 43.5 Å². The lowest BCUT2D eigenvalue weighted by molar-refractivity contribution is -0.156. The lowest BCUT2D eigenvalue weighted by Gasteiger charge is -2.23. The topological polar surface area (TPSA) is 52.3 Å². The van der Waals surface area contributed by atoms with Crippen molar-refractivity contribution in [2.75, 3.05) is 0 Å². The third-order valence-corrected chi connectivity index (χ3v) is 2.51. The summed E-state index contributed by atoms with van der Waals surface area (Å²) < 4.78 is 5.30. The zero-order valence-electron chi connectivity index (χ0n) is 11.2. The number of carbonyl (C=O) groups is 1. The highest BCUT2D eigenvalue weighted by Crippen LogP contribution is 2.22. The van der Waals surface area contributed by atoms with E-state index < -0.39 is 11.6 Å². The van der Waals surface area contributed by atoms with Gasteiger partial charge in [0, 0.05) is 0 Å². The molecule has 1 rings (SSSR count). The minimum absolute atomic E-state index is 0.380. The van der Waals surface area contributed by atoms with Crippen molar-refractivity contribution in [1.29, 1.82) is 0 Å². The van der Waals surface area contributed by atoms with Gasteiger partial charge in [0.25, 0.3) is 0 Å². The molecule has 3 nitrogen and oxygen atoms in total. The second-order valence-electron chi connectivity index (χ2n) is 5.32. The first-order valence-electron chi connectivity index (χ1n) is 5.77. The number of benzene rings is 1. The Morgan fingerprint density at radius 1 is 1.24 bits per heavy atom. The molecule has 1 unspecified atom stereocenters. The third-order valence-electron chi connectivity index (χ3n) is 2.51. The summed E-state index contributed by atoms with van der Waals surface area (Å²) >= 11 is 0. The van der Waals surface area contributed by atoms with Gasteiger partial charge in [0.15, 0.2) is 0 Å². The number of nitrogens with two attached hydrogens (primary N) is 1. The van der Waals surface area contributed by atoms with Gasteiger partial charge in [-0.15, -0.1) is 0 Å². The fraction of sp³-hybridized carbons (Fsp3) is 0.500. The molecule has 3 heteroatoms. The van der Waals surface area contributed by atoms with Gasteiger partial charge in [0.1, 0.15) is 11.6 Å². The van der Waals surface area contributed by atoms with Gasteiger partial charge in [0.05, 0.1) is 0 Å². The Labute approximate surface area is 103 Å². The largest absolute Gasteiger partial charge is 0.459 e. The highest BCUT2D eigenvalue weighted by molar-refractivity contribution is 5.78. The molecule has 0 fully saturated rings. The summed E-state index contributed by atoms with van der Waals surface area (Å²) in [6, 6.07) is 5.14. The first kappa shape index (κ1) is 13.7. The van der Waals surface area contributed by atoms with E-state index in [1.807, 2.05) is 52.8 Å². The molecule has 0 heterocycles. The molecule has 0 amide bonds. The first-order chi connectivity index (χ1) is 7.72. The molecule has 0 aromatic heterocycles. The van der Waals surface area contributed by atoms with E-state index in [1.165, 1.54) is 0 Å². The summed E-state index contributed by atoms with van der Waals surface area (Å²) in [5.74, 6) is -0.380. The molecule has 1 aromatic rings. The van der Waals surface area contributed by atoms with Crippen LogP contribution in [-0.2, 0) is 9.53 Å². The van der Waals surface area contributed by atoms with E-state index in [0.29, 0.717) is 0 Å². The van der Waals surface area contributed by atoms with Crippen molar-refractivity contribution < 1.29 is 9.53 Å². The van der Waals surface area contributed by atoms with E-state index in [4.69, 9.17) is 10.5 Å². The van der Waals surface area contributed by atoms with Crippen LogP contribution in [0.4, 0.5) is 0 Å². The molecule has 17 heavy (non-hydrogen) atoms. The molecule has 2 N–H and O–H groups in total. The first-order valence-corrected chi connectivity index (χ1v) is 5.77. The number of rotatable bonds is 2. The van der Waals surface area contributed by atoms with Crippen LogP contribution in [0.5, 0.6) is 0 Å². The Morgan fingerprint density at radius 2 is 1.71 bits per heavy atom. The number of esters is 1. The number of hydrogen-bond donors (Lipinski definition) is 1. The van der Waals surface area contributed by atoms with Gasteiger partial charge in [-0.1, -0.05) is 18.2 Å². The lowest BCUT2D eigenvalue weighted by atomic mass is 9.96. The van der Waals surface area contributed by atoms with Gasteiger partial charge in [-0.3, -0.25) is 0 Å². The van der Waals surface area contributed by atoms with E-state index in [1.54, 1.807) is 0 Å². The molecule has 0 radical (unpaired) electrons. The van der Waals surface area contributed by atoms with Crippen molar-refractivity contribution in [1.82, 2.24) is 0 Å². The molecule has 0 aliphatic heterocycles. The van der Waals surface area contributed by atoms with Crippen molar-refractivity contribution in [2.24, 2.45) is 5.73 Å². The van der Waals surface area contributed by atoms with E-state index in [-0.39, 0.29) is 5.97 Å². The Morgan fingerprint density at radius 3 is 2.12 bits per heavy atom. The SMILES string of the molecule is Cc1cccc(C)c1C(N)C(=O)OC(C)(C)C. The molecule has 0 spiro atoms. The molecular formula is C14H21NO2. The lowest BCUT2D eigenvalue weighted by Crippen LogP contribution is -2.32. The third kappa shape index (κ3) is 3.56. The maximum atomic E-state index is 11.9. The summed E-state index contributed by atoms with van der Waals surface area (Å²) in [5, 5.41) is 0. The fourth-order valence-electron chi connectivity index (χ4n) is 1.80. The van der Waals surface area contributed by atoms with Crippen LogP contribution in [0, 0.1) is 13.8 Å². The van der Waals surface area contributed by atoms with Crippen molar-refractivity contribution in [3.05, 3.63) is 34.9 Å². The summed E-state index contributed by atoms with van der Waals surface area (Å²) in [6.07, 6.45) is 0. The Bertz CT molecular complexity index is 398. The second kappa shape index (κ2) is 4.88. The molecule has 0 saturated carbocycles. The average Bonchev–Trinajstić information content (AvgIpc) is 2.14. The smallest absolute Gasteiger partial charge is 0.328 e. The molecule has 1 atom stereocenters. The molecule has 94 valence electrons. The van der Waals surface area contributed by atoms with Crippen molar-refractivity contribution in [2.45, 2.75) is 46.3 Å². The number of carbonyl (C=O) groups excluding carboxylic acids is 1. The Balaban J connectivity index is 2.97. The highest BCUT2D eigenvalue weighted by Gasteiger charge is 2.25. The molecule has 0 saturated heterocycles. The Hall–Kier alpha value is -1.35.